The van der Waals surface area contributed by atoms with Gasteiger partial charge in [-0.2, -0.15) is 0 Å². The molecular formula is C20H26N2O3. The van der Waals surface area contributed by atoms with Crippen LogP contribution in [0.4, 0.5) is 5.69 Å². The summed E-state index contributed by atoms with van der Waals surface area (Å²) in [7, 11) is 0. The summed E-state index contributed by atoms with van der Waals surface area (Å²) < 4.78 is 5.02. The Bertz CT molecular complexity index is 770. The number of anilines is 1. The molecule has 25 heavy (non-hydrogen) atoms. The zero-order valence-electron chi connectivity index (χ0n) is 15.4. The van der Waals surface area contributed by atoms with Crippen LogP contribution in [0.2, 0.25) is 0 Å². The Kier molecular flexibility index (Phi) is 6.39. The van der Waals surface area contributed by atoms with Crippen LogP contribution in [0.5, 0.6) is 0 Å². The van der Waals surface area contributed by atoms with E-state index in [-0.39, 0.29) is 5.91 Å². The molecule has 1 heterocycles. The Morgan fingerprint density at radius 1 is 1.20 bits per heavy atom. The van der Waals surface area contributed by atoms with Crippen LogP contribution in [0.15, 0.2) is 39.5 Å². The lowest BCUT2D eigenvalue weighted by Gasteiger charge is -2.23. The molecule has 1 aromatic heterocycles. The van der Waals surface area contributed by atoms with E-state index in [1.165, 1.54) is 17.3 Å². The zero-order chi connectivity index (χ0) is 18.4. The molecule has 0 atom stereocenters. The summed E-state index contributed by atoms with van der Waals surface area (Å²) >= 11 is 0. The molecule has 0 unspecified atom stereocenters. The number of aryl methyl sites for hydroxylation is 3. The molecular weight excluding hydrogens is 316 g/mol. The second-order valence-corrected chi connectivity index (χ2v) is 6.21. The minimum absolute atomic E-state index is 0.197. The highest BCUT2D eigenvalue weighted by atomic mass is 16.4. The largest absolute Gasteiger partial charge is 0.427 e. The van der Waals surface area contributed by atoms with Gasteiger partial charge >= 0.3 is 5.63 Å². The van der Waals surface area contributed by atoms with E-state index in [2.05, 4.69) is 48.3 Å². The maximum atomic E-state index is 12.3. The molecule has 0 spiro atoms. The predicted octanol–water partition coefficient (Wildman–Crippen LogP) is 3.21. The molecule has 0 saturated carbocycles. The molecule has 5 heteroatoms. The van der Waals surface area contributed by atoms with Crippen molar-refractivity contribution in [3.8, 4) is 0 Å². The van der Waals surface area contributed by atoms with E-state index in [9.17, 15) is 9.59 Å². The van der Waals surface area contributed by atoms with E-state index >= 15 is 0 Å². The van der Waals surface area contributed by atoms with E-state index in [1.54, 1.807) is 13.8 Å². The summed E-state index contributed by atoms with van der Waals surface area (Å²) in [6, 6.07) is 9.76. The van der Waals surface area contributed by atoms with E-state index in [1.807, 2.05) is 0 Å². The number of nitrogens with zero attached hydrogens (tertiary/aromatic N) is 1. The third-order valence-corrected chi connectivity index (χ3v) is 4.20. The lowest BCUT2D eigenvalue weighted by molar-refractivity contribution is 0.0949. The molecule has 5 nitrogen and oxygen atoms in total. The van der Waals surface area contributed by atoms with Crippen LogP contribution in [0, 0.1) is 20.8 Å². The Morgan fingerprint density at radius 2 is 1.96 bits per heavy atom. The average molecular weight is 342 g/mol. The van der Waals surface area contributed by atoms with Crippen molar-refractivity contribution >= 4 is 11.6 Å². The van der Waals surface area contributed by atoms with E-state index < -0.39 is 5.63 Å². The molecule has 0 fully saturated rings. The summed E-state index contributed by atoms with van der Waals surface area (Å²) in [5.41, 5.74) is 3.10. The highest BCUT2D eigenvalue weighted by molar-refractivity contribution is 5.96. The van der Waals surface area contributed by atoms with Crippen molar-refractivity contribution in [1.82, 2.24) is 5.32 Å². The molecule has 1 amide bonds. The highest BCUT2D eigenvalue weighted by Crippen LogP contribution is 2.16. The van der Waals surface area contributed by atoms with Gasteiger partial charge in [0.25, 0.3) is 5.91 Å². The first-order chi connectivity index (χ1) is 11.9. The fraction of sp³-hybridized carbons (Fsp3) is 0.400. The molecule has 0 aliphatic rings. The van der Waals surface area contributed by atoms with Crippen LogP contribution < -0.4 is 15.8 Å². The molecule has 2 aromatic rings. The monoisotopic (exact) mass is 342 g/mol. The van der Waals surface area contributed by atoms with Gasteiger partial charge < -0.3 is 14.6 Å². The minimum atomic E-state index is -0.428. The van der Waals surface area contributed by atoms with Crippen molar-refractivity contribution in [2.24, 2.45) is 0 Å². The van der Waals surface area contributed by atoms with Crippen LogP contribution >= 0.6 is 0 Å². The first kappa shape index (κ1) is 18.8. The van der Waals surface area contributed by atoms with Crippen LogP contribution in [-0.2, 0) is 0 Å². The molecule has 0 radical (unpaired) electrons. The van der Waals surface area contributed by atoms with Gasteiger partial charge in [0.2, 0.25) is 0 Å². The SMILES string of the molecule is CCN(CCCNC(=O)c1c(C)cc(=O)oc1C)c1cccc(C)c1. The highest BCUT2D eigenvalue weighted by Gasteiger charge is 2.14. The third kappa shape index (κ3) is 4.95. The van der Waals surface area contributed by atoms with Gasteiger partial charge in [-0.05, 0) is 57.4 Å². The minimum Gasteiger partial charge on any atom is -0.427 e. The Balaban J connectivity index is 1.90. The maximum Gasteiger partial charge on any atom is 0.336 e. The predicted molar refractivity (Wildman–Crippen MR) is 100 cm³/mol. The van der Waals surface area contributed by atoms with Gasteiger partial charge in [0.15, 0.2) is 0 Å². The lowest BCUT2D eigenvalue weighted by atomic mass is 10.1. The van der Waals surface area contributed by atoms with E-state index in [0.717, 1.165) is 19.5 Å². The molecule has 134 valence electrons. The summed E-state index contributed by atoms with van der Waals surface area (Å²) in [5.74, 6) is 0.162. The molecule has 0 bridgehead atoms. The number of hydrogen-bond acceptors (Lipinski definition) is 4. The Hall–Kier alpha value is -2.56. The van der Waals surface area contributed by atoms with Gasteiger partial charge in [0.05, 0.1) is 5.56 Å². The second-order valence-electron chi connectivity index (χ2n) is 6.21. The summed E-state index contributed by atoms with van der Waals surface area (Å²) in [4.78, 5) is 25.9. The standard InChI is InChI=1S/C20H26N2O3/c1-5-22(17-9-6-8-14(2)12-17)11-7-10-21-20(24)19-15(3)13-18(23)25-16(19)4/h6,8-9,12-13H,5,7,10-11H2,1-4H3,(H,21,24). The van der Waals surface area contributed by atoms with E-state index in [0.29, 0.717) is 23.4 Å². The first-order valence-corrected chi connectivity index (χ1v) is 8.63. The molecule has 0 aliphatic carbocycles. The molecule has 0 saturated heterocycles. The van der Waals surface area contributed by atoms with Crippen molar-refractivity contribution in [3.05, 3.63) is 63.2 Å². The second kappa shape index (κ2) is 8.51. The van der Waals surface area contributed by atoms with Gasteiger partial charge in [-0.3, -0.25) is 4.79 Å². The number of rotatable bonds is 7. The fourth-order valence-corrected chi connectivity index (χ4v) is 2.95. The van der Waals surface area contributed by atoms with Crippen LogP contribution in [0.1, 0.15) is 40.6 Å². The Labute approximate surface area is 148 Å². The summed E-state index contributed by atoms with van der Waals surface area (Å²) in [5, 5.41) is 2.91. The van der Waals surface area contributed by atoms with Gasteiger partial charge in [-0.15, -0.1) is 0 Å². The normalized spacial score (nSPS) is 10.6. The number of carbonyl (C=O) groups excluding carboxylic acids is 1. The molecule has 1 aromatic carbocycles. The van der Waals surface area contributed by atoms with Crippen LogP contribution in [0.3, 0.4) is 0 Å². The number of carbonyl (C=O) groups is 1. The van der Waals surface area contributed by atoms with E-state index in [4.69, 9.17) is 4.42 Å². The third-order valence-electron chi connectivity index (χ3n) is 4.20. The lowest BCUT2D eigenvalue weighted by Crippen LogP contribution is -2.31. The number of benzene rings is 1. The average Bonchev–Trinajstić information content (AvgIpc) is 2.54. The van der Waals surface area contributed by atoms with Crippen molar-refractivity contribution in [2.45, 2.75) is 34.1 Å². The first-order valence-electron chi connectivity index (χ1n) is 8.63. The number of hydrogen-bond donors (Lipinski definition) is 1. The van der Waals surface area contributed by atoms with Gasteiger partial charge in [-0.1, -0.05) is 12.1 Å². The molecule has 2 rings (SSSR count). The van der Waals surface area contributed by atoms with Crippen molar-refractivity contribution in [2.75, 3.05) is 24.5 Å². The number of amides is 1. The van der Waals surface area contributed by atoms with Crippen LogP contribution in [-0.4, -0.2) is 25.5 Å². The van der Waals surface area contributed by atoms with Gasteiger partial charge in [0, 0.05) is 31.4 Å². The van der Waals surface area contributed by atoms with Gasteiger partial charge in [-0.25, -0.2) is 4.79 Å². The summed E-state index contributed by atoms with van der Waals surface area (Å²) in [6.45, 7) is 9.94. The summed E-state index contributed by atoms with van der Waals surface area (Å²) in [6.07, 6.45) is 0.836. The van der Waals surface area contributed by atoms with Crippen LogP contribution in [0.25, 0.3) is 0 Å². The molecule has 1 N–H and O–H groups in total. The van der Waals surface area contributed by atoms with Crippen molar-refractivity contribution < 1.29 is 9.21 Å². The smallest absolute Gasteiger partial charge is 0.336 e. The Morgan fingerprint density at radius 3 is 2.60 bits per heavy atom. The quantitative estimate of drug-likeness (QED) is 0.785. The van der Waals surface area contributed by atoms with Crippen molar-refractivity contribution in [1.29, 1.82) is 0 Å². The topological polar surface area (TPSA) is 62.6 Å². The van der Waals surface area contributed by atoms with Gasteiger partial charge in [0.1, 0.15) is 5.76 Å². The number of nitrogens with one attached hydrogen (secondary N) is 1. The molecule has 0 aliphatic heterocycles. The fourth-order valence-electron chi connectivity index (χ4n) is 2.95. The zero-order valence-corrected chi connectivity index (χ0v) is 15.4. The maximum absolute atomic E-state index is 12.3. The van der Waals surface area contributed by atoms with Crippen molar-refractivity contribution in [3.63, 3.8) is 0 Å².